The van der Waals surface area contributed by atoms with Gasteiger partial charge in [-0.3, -0.25) is 10.2 Å². The SMILES string of the molecule is NNC(=O)c1ccc(CSC2CCOCC2)o1. The van der Waals surface area contributed by atoms with Crippen LogP contribution in [0.4, 0.5) is 0 Å². The molecule has 6 heteroatoms. The molecule has 94 valence electrons. The number of ether oxygens (including phenoxy) is 1. The van der Waals surface area contributed by atoms with Crippen LogP contribution in [0.2, 0.25) is 0 Å². The van der Waals surface area contributed by atoms with E-state index < -0.39 is 5.91 Å². The highest BCUT2D eigenvalue weighted by molar-refractivity contribution is 7.99. The van der Waals surface area contributed by atoms with Crippen LogP contribution in [0.25, 0.3) is 0 Å². The van der Waals surface area contributed by atoms with Crippen LogP contribution in [0, 0.1) is 0 Å². The third-order valence-corrected chi connectivity index (χ3v) is 4.04. The standard InChI is InChI=1S/C11H16N2O3S/c12-13-11(14)10-2-1-8(16-10)7-17-9-3-5-15-6-4-9/h1-2,9H,3-7,12H2,(H,13,14). The van der Waals surface area contributed by atoms with Crippen molar-refractivity contribution >= 4 is 17.7 Å². The van der Waals surface area contributed by atoms with Crippen molar-refractivity contribution in [3.8, 4) is 0 Å². The van der Waals surface area contributed by atoms with E-state index in [1.807, 2.05) is 23.3 Å². The molecule has 0 unspecified atom stereocenters. The Labute approximate surface area is 104 Å². The molecule has 0 radical (unpaired) electrons. The Bertz CT molecular complexity index is 375. The lowest BCUT2D eigenvalue weighted by molar-refractivity contribution is 0.0924. The molecule has 1 aliphatic heterocycles. The first-order chi connectivity index (χ1) is 8.29. The van der Waals surface area contributed by atoms with Crippen molar-refractivity contribution < 1.29 is 13.9 Å². The molecule has 0 atom stereocenters. The van der Waals surface area contributed by atoms with E-state index in [0.717, 1.165) is 37.6 Å². The Kier molecular flexibility index (Phi) is 4.47. The minimum absolute atomic E-state index is 0.259. The zero-order valence-electron chi connectivity index (χ0n) is 9.48. The molecular formula is C11H16N2O3S. The van der Waals surface area contributed by atoms with Crippen molar-refractivity contribution in [2.75, 3.05) is 13.2 Å². The fourth-order valence-corrected chi connectivity index (χ4v) is 2.77. The molecule has 17 heavy (non-hydrogen) atoms. The molecule has 5 nitrogen and oxygen atoms in total. The van der Waals surface area contributed by atoms with Crippen LogP contribution in [0.3, 0.4) is 0 Å². The second kappa shape index (κ2) is 6.09. The summed E-state index contributed by atoms with van der Waals surface area (Å²) in [5.74, 6) is 6.47. The number of hydrogen-bond donors (Lipinski definition) is 2. The van der Waals surface area contributed by atoms with Crippen molar-refractivity contribution in [3.63, 3.8) is 0 Å². The number of nitrogens with one attached hydrogen (secondary N) is 1. The van der Waals surface area contributed by atoms with Crippen LogP contribution in [0.5, 0.6) is 0 Å². The van der Waals surface area contributed by atoms with Crippen molar-refractivity contribution in [1.82, 2.24) is 5.43 Å². The maximum Gasteiger partial charge on any atom is 0.300 e. The van der Waals surface area contributed by atoms with Crippen molar-refractivity contribution in [2.45, 2.75) is 23.8 Å². The largest absolute Gasteiger partial charge is 0.455 e. The molecule has 0 spiro atoms. The molecule has 1 fully saturated rings. The molecule has 2 rings (SSSR count). The highest BCUT2D eigenvalue weighted by Crippen LogP contribution is 2.26. The molecule has 1 aliphatic rings. The van der Waals surface area contributed by atoms with Gasteiger partial charge in [0.05, 0.1) is 5.75 Å². The number of carbonyl (C=O) groups is 1. The monoisotopic (exact) mass is 256 g/mol. The molecule has 0 bridgehead atoms. The predicted octanol–water partition coefficient (Wildman–Crippen LogP) is 1.30. The molecule has 2 heterocycles. The Balaban J connectivity index is 1.82. The summed E-state index contributed by atoms with van der Waals surface area (Å²) in [7, 11) is 0. The van der Waals surface area contributed by atoms with Gasteiger partial charge in [0.25, 0.3) is 0 Å². The summed E-state index contributed by atoms with van der Waals surface area (Å²) in [4.78, 5) is 11.2. The summed E-state index contributed by atoms with van der Waals surface area (Å²) in [6, 6.07) is 3.46. The Morgan fingerprint density at radius 3 is 2.94 bits per heavy atom. The number of hydrazine groups is 1. The molecule has 1 aromatic heterocycles. The second-order valence-corrected chi connectivity index (χ2v) is 5.15. The Hall–Kier alpha value is -0.980. The lowest BCUT2D eigenvalue weighted by Gasteiger charge is -2.20. The number of rotatable bonds is 4. The van der Waals surface area contributed by atoms with E-state index in [2.05, 4.69) is 0 Å². The minimum atomic E-state index is -0.396. The molecule has 0 aromatic carbocycles. The van der Waals surface area contributed by atoms with Gasteiger partial charge < -0.3 is 9.15 Å². The van der Waals surface area contributed by atoms with E-state index in [9.17, 15) is 4.79 Å². The molecule has 1 amide bonds. The van der Waals surface area contributed by atoms with Gasteiger partial charge in [-0.15, -0.1) is 0 Å². The summed E-state index contributed by atoms with van der Waals surface area (Å²) in [6.45, 7) is 1.69. The van der Waals surface area contributed by atoms with Crippen LogP contribution in [0.1, 0.15) is 29.2 Å². The Morgan fingerprint density at radius 2 is 2.24 bits per heavy atom. The first kappa shape index (κ1) is 12.5. The third-order valence-electron chi connectivity index (χ3n) is 2.65. The van der Waals surface area contributed by atoms with Crippen molar-refractivity contribution in [3.05, 3.63) is 23.7 Å². The van der Waals surface area contributed by atoms with E-state index in [1.165, 1.54) is 0 Å². The summed E-state index contributed by atoms with van der Waals surface area (Å²) < 4.78 is 10.7. The average molecular weight is 256 g/mol. The number of thioether (sulfide) groups is 1. The van der Waals surface area contributed by atoms with E-state index in [4.69, 9.17) is 15.0 Å². The Morgan fingerprint density at radius 1 is 1.47 bits per heavy atom. The lowest BCUT2D eigenvalue weighted by atomic mass is 10.2. The van der Waals surface area contributed by atoms with Gasteiger partial charge in [0, 0.05) is 18.5 Å². The summed E-state index contributed by atoms with van der Waals surface area (Å²) in [5, 5.41) is 0.626. The lowest BCUT2D eigenvalue weighted by Crippen LogP contribution is -2.29. The van der Waals surface area contributed by atoms with Gasteiger partial charge in [-0.05, 0) is 25.0 Å². The van der Waals surface area contributed by atoms with E-state index in [-0.39, 0.29) is 5.76 Å². The number of hydrogen-bond acceptors (Lipinski definition) is 5. The maximum atomic E-state index is 11.2. The maximum absolute atomic E-state index is 11.2. The topological polar surface area (TPSA) is 77.5 Å². The molecule has 1 saturated heterocycles. The van der Waals surface area contributed by atoms with Crippen LogP contribution in [-0.4, -0.2) is 24.4 Å². The quantitative estimate of drug-likeness (QED) is 0.482. The number of nitrogens with two attached hydrogens (primary N) is 1. The van der Waals surface area contributed by atoms with Crippen LogP contribution >= 0.6 is 11.8 Å². The van der Waals surface area contributed by atoms with Gasteiger partial charge in [0.2, 0.25) is 0 Å². The molecular weight excluding hydrogens is 240 g/mol. The first-order valence-corrected chi connectivity index (χ1v) is 6.63. The van der Waals surface area contributed by atoms with Gasteiger partial charge >= 0.3 is 5.91 Å². The molecule has 0 aliphatic carbocycles. The van der Waals surface area contributed by atoms with Crippen LogP contribution < -0.4 is 11.3 Å². The number of nitrogen functional groups attached to an aromatic ring is 1. The first-order valence-electron chi connectivity index (χ1n) is 5.58. The van der Waals surface area contributed by atoms with Gasteiger partial charge in [-0.2, -0.15) is 11.8 Å². The van der Waals surface area contributed by atoms with E-state index in [0.29, 0.717) is 5.25 Å². The van der Waals surface area contributed by atoms with Crippen LogP contribution in [0.15, 0.2) is 16.5 Å². The summed E-state index contributed by atoms with van der Waals surface area (Å²) >= 11 is 1.85. The summed E-state index contributed by atoms with van der Waals surface area (Å²) in [5.41, 5.74) is 2.04. The molecule has 3 N–H and O–H groups in total. The predicted molar refractivity (Wildman–Crippen MR) is 65.5 cm³/mol. The fourth-order valence-electron chi connectivity index (χ4n) is 1.69. The number of carbonyl (C=O) groups excluding carboxylic acids is 1. The second-order valence-electron chi connectivity index (χ2n) is 3.86. The summed E-state index contributed by atoms with van der Waals surface area (Å²) in [6.07, 6.45) is 2.17. The third kappa shape index (κ3) is 3.49. The highest BCUT2D eigenvalue weighted by atomic mass is 32.2. The van der Waals surface area contributed by atoms with Crippen LogP contribution in [-0.2, 0) is 10.5 Å². The zero-order valence-corrected chi connectivity index (χ0v) is 10.3. The number of furan rings is 1. The number of amides is 1. The average Bonchev–Trinajstić information content (AvgIpc) is 2.85. The smallest absolute Gasteiger partial charge is 0.300 e. The molecule has 1 aromatic rings. The van der Waals surface area contributed by atoms with Crippen molar-refractivity contribution in [1.29, 1.82) is 0 Å². The normalized spacial score (nSPS) is 17.0. The molecule has 0 saturated carbocycles. The minimum Gasteiger partial charge on any atom is -0.455 e. The van der Waals surface area contributed by atoms with Gasteiger partial charge in [0.15, 0.2) is 5.76 Å². The highest BCUT2D eigenvalue weighted by Gasteiger charge is 2.15. The van der Waals surface area contributed by atoms with E-state index in [1.54, 1.807) is 6.07 Å². The van der Waals surface area contributed by atoms with Crippen molar-refractivity contribution in [2.24, 2.45) is 5.84 Å². The van der Waals surface area contributed by atoms with Gasteiger partial charge in [0.1, 0.15) is 5.76 Å². The van der Waals surface area contributed by atoms with E-state index >= 15 is 0 Å². The zero-order chi connectivity index (χ0) is 12.1. The van der Waals surface area contributed by atoms with Gasteiger partial charge in [-0.25, -0.2) is 5.84 Å². The van der Waals surface area contributed by atoms with Gasteiger partial charge in [-0.1, -0.05) is 0 Å². The fraction of sp³-hybridized carbons (Fsp3) is 0.545.